The number of nitrogens with two attached hydrogens (primary N) is 1. The van der Waals surface area contributed by atoms with E-state index in [1.165, 1.54) is 25.7 Å². The van der Waals surface area contributed by atoms with E-state index in [1.807, 2.05) is 0 Å². The standard InChI is InChI=1S/C14H30N2O2/c1-3-5-12(6-4-2)16-8-7-13(15)14(11-16)18-10-9-17/h12-14,17H,3-11,15H2,1-2H3/t13-,14+/m1/s1. The Morgan fingerprint density at radius 1 is 1.33 bits per heavy atom. The molecular formula is C14H30N2O2. The Hall–Kier alpha value is -0.160. The van der Waals surface area contributed by atoms with Gasteiger partial charge < -0.3 is 15.6 Å². The third-order valence-electron chi connectivity index (χ3n) is 3.83. The zero-order valence-corrected chi connectivity index (χ0v) is 12.0. The number of aliphatic hydroxyl groups excluding tert-OH is 1. The normalized spacial score (nSPS) is 25.8. The molecule has 18 heavy (non-hydrogen) atoms. The fraction of sp³-hybridized carbons (Fsp3) is 1.00. The average molecular weight is 258 g/mol. The summed E-state index contributed by atoms with van der Waals surface area (Å²) in [7, 11) is 0. The minimum absolute atomic E-state index is 0.0799. The highest BCUT2D eigenvalue weighted by molar-refractivity contribution is 4.87. The van der Waals surface area contributed by atoms with Crippen molar-refractivity contribution in [3.8, 4) is 0 Å². The van der Waals surface area contributed by atoms with E-state index in [9.17, 15) is 0 Å². The molecule has 0 spiro atoms. The van der Waals surface area contributed by atoms with Gasteiger partial charge in [-0.05, 0) is 19.3 Å². The van der Waals surface area contributed by atoms with Crippen LogP contribution < -0.4 is 5.73 Å². The van der Waals surface area contributed by atoms with E-state index in [0.717, 1.165) is 19.5 Å². The van der Waals surface area contributed by atoms with E-state index in [4.69, 9.17) is 15.6 Å². The molecule has 0 saturated carbocycles. The van der Waals surface area contributed by atoms with Gasteiger partial charge in [0, 0.05) is 25.2 Å². The molecule has 3 N–H and O–H groups in total. The Kier molecular flexibility index (Phi) is 7.82. The van der Waals surface area contributed by atoms with Gasteiger partial charge in [-0.3, -0.25) is 4.90 Å². The van der Waals surface area contributed by atoms with Gasteiger partial charge in [0.25, 0.3) is 0 Å². The molecule has 108 valence electrons. The first-order chi connectivity index (χ1) is 8.72. The van der Waals surface area contributed by atoms with Crippen molar-refractivity contribution in [1.29, 1.82) is 0 Å². The van der Waals surface area contributed by atoms with Crippen LogP contribution in [-0.2, 0) is 4.74 Å². The van der Waals surface area contributed by atoms with E-state index in [0.29, 0.717) is 12.6 Å². The molecule has 0 aromatic heterocycles. The summed E-state index contributed by atoms with van der Waals surface area (Å²) >= 11 is 0. The highest BCUT2D eigenvalue weighted by Gasteiger charge is 2.30. The van der Waals surface area contributed by atoms with Crippen LogP contribution in [0.25, 0.3) is 0 Å². The quantitative estimate of drug-likeness (QED) is 0.690. The van der Waals surface area contributed by atoms with Crippen LogP contribution in [0.3, 0.4) is 0 Å². The molecule has 4 nitrogen and oxygen atoms in total. The lowest BCUT2D eigenvalue weighted by atomic mass is 9.97. The maximum absolute atomic E-state index is 8.85. The van der Waals surface area contributed by atoms with Gasteiger partial charge in [-0.25, -0.2) is 0 Å². The molecule has 0 bridgehead atoms. The molecule has 0 aromatic rings. The van der Waals surface area contributed by atoms with Crippen LogP contribution in [0.15, 0.2) is 0 Å². The van der Waals surface area contributed by atoms with Gasteiger partial charge in [0.15, 0.2) is 0 Å². The van der Waals surface area contributed by atoms with Gasteiger partial charge in [0.1, 0.15) is 0 Å². The van der Waals surface area contributed by atoms with Gasteiger partial charge in [0.2, 0.25) is 0 Å². The summed E-state index contributed by atoms with van der Waals surface area (Å²) in [5.41, 5.74) is 6.10. The second-order valence-electron chi connectivity index (χ2n) is 5.31. The van der Waals surface area contributed by atoms with Crippen molar-refractivity contribution in [2.75, 3.05) is 26.3 Å². The second kappa shape index (κ2) is 8.86. The summed E-state index contributed by atoms with van der Waals surface area (Å²) < 4.78 is 5.66. The van der Waals surface area contributed by atoms with E-state index in [2.05, 4.69) is 18.7 Å². The van der Waals surface area contributed by atoms with E-state index < -0.39 is 0 Å². The minimum Gasteiger partial charge on any atom is -0.394 e. The number of likely N-dealkylation sites (tertiary alicyclic amines) is 1. The van der Waals surface area contributed by atoms with Crippen molar-refractivity contribution >= 4 is 0 Å². The Balaban J connectivity index is 2.49. The van der Waals surface area contributed by atoms with Crippen molar-refractivity contribution in [2.45, 2.75) is 64.1 Å². The second-order valence-corrected chi connectivity index (χ2v) is 5.31. The van der Waals surface area contributed by atoms with Gasteiger partial charge in [-0.15, -0.1) is 0 Å². The molecule has 0 radical (unpaired) electrons. The molecular weight excluding hydrogens is 228 g/mol. The molecule has 1 saturated heterocycles. The monoisotopic (exact) mass is 258 g/mol. The molecule has 0 aliphatic carbocycles. The highest BCUT2D eigenvalue weighted by Crippen LogP contribution is 2.20. The molecule has 1 aliphatic heterocycles. The van der Waals surface area contributed by atoms with Crippen LogP contribution in [0.1, 0.15) is 46.0 Å². The molecule has 1 aliphatic rings. The fourth-order valence-corrected chi connectivity index (χ4v) is 2.85. The predicted octanol–water partition coefficient (Wildman–Crippen LogP) is 1.37. The van der Waals surface area contributed by atoms with Gasteiger partial charge >= 0.3 is 0 Å². The largest absolute Gasteiger partial charge is 0.394 e. The van der Waals surface area contributed by atoms with Crippen molar-refractivity contribution in [1.82, 2.24) is 4.90 Å². The maximum atomic E-state index is 8.85. The zero-order chi connectivity index (χ0) is 13.4. The predicted molar refractivity (Wildman–Crippen MR) is 74.6 cm³/mol. The Labute approximate surface area is 111 Å². The topological polar surface area (TPSA) is 58.7 Å². The lowest BCUT2D eigenvalue weighted by Gasteiger charge is -2.41. The van der Waals surface area contributed by atoms with Crippen LogP contribution >= 0.6 is 0 Å². The first-order valence-electron chi connectivity index (χ1n) is 7.45. The van der Waals surface area contributed by atoms with Crippen molar-refractivity contribution in [3.05, 3.63) is 0 Å². The third-order valence-corrected chi connectivity index (χ3v) is 3.83. The first kappa shape index (κ1) is 15.9. The molecule has 0 amide bonds. The number of hydrogen-bond donors (Lipinski definition) is 2. The number of piperidine rings is 1. The minimum atomic E-state index is 0.0799. The number of nitrogens with zero attached hydrogens (tertiary/aromatic N) is 1. The molecule has 0 aromatic carbocycles. The highest BCUT2D eigenvalue weighted by atomic mass is 16.5. The van der Waals surface area contributed by atoms with Crippen molar-refractivity contribution in [3.63, 3.8) is 0 Å². The van der Waals surface area contributed by atoms with Crippen LogP contribution in [0, 0.1) is 0 Å². The van der Waals surface area contributed by atoms with Gasteiger partial charge in [-0.1, -0.05) is 26.7 Å². The van der Waals surface area contributed by atoms with E-state index >= 15 is 0 Å². The van der Waals surface area contributed by atoms with E-state index in [-0.39, 0.29) is 18.8 Å². The lowest BCUT2D eigenvalue weighted by molar-refractivity contribution is -0.0372. The van der Waals surface area contributed by atoms with E-state index in [1.54, 1.807) is 0 Å². The summed E-state index contributed by atoms with van der Waals surface area (Å²) in [4.78, 5) is 2.54. The van der Waals surface area contributed by atoms with Crippen LogP contribution in [-0.4, -0.2) is 54.5 Å². The summed E-state index contributed by atoms with van der Waals surface area (Å²) in [6.45, 7) is 6.99. The summed E-state index contributed by atoms with van der Waals surface area (Å²) in [6.07, 6.45) is 6.07. The first-order valence-corrected chi connectivity index (χ1v) is 7.45. The summed E-state index contributed by atoms with van der Waals surface area (Å²) in [6, 6.07) is 0.796. The van der Waals surface area contributed by atoms with Crippen LogP contribution in [0.4, 0.5) is 0 Å². The summed E-state index contributed by atoms with van der Waals surface area (Å²) in [5.74, 6) is 0. The lowest BCUT2D eigenvalue weighted by Crippen LogP contribution is -2.54. The Morgan fingerprint density at radius 3 is 2.56 bits per heavy atom. The molecule has 1 rings (SSSR count). The number of rotatable bonds is 8. The van der Waals surface area contributed by atoms with Gasteiger partial charge in [-0.2, -0.15) is 0 Å². The molecule has 0 unspecified atom stereocenters. The smallest absolute Gasteiger partial charge is 0.0854 e. The van der Waals surface area contributed by atoms with Crippen molar-refractivity contribution in [2.24, 2.45) is 5.73 Å². The van der Waals surface area contributed by atoms with Crippen LogP contribution in [0.2, 0.25) is 0 Å². The Morgan fingerprint density at radius 2 is 2.00 bits per heavy atom. The van der Waals surface area contributed by atoms with Crippen molar-refractivity contribution < 1.29 is 9.84 Å². The number of ether oxygens (including phenoxy) is 1. The molecule has 4 heteroatoms. The fourth-order valence-electron chi connectivity index (χ4n) is 2.85. The number of aliphatic hydroxyl groups is 1. The maximum Gasteiger partial charge on any atom is 0.0854 e. The Bertz CT molecular complexity index is 208. The molecule has 1 heterocycles. The zero-order valence-electron chi connectivity index (χ0n) is 12.0. The molecule has 1 fully saturated rings. The summed E-state index contributed by atoms with van der Waals surface area (Å²) in [5, 5.41) is 8.85. The molecule has 2 atom stereocenters. The average Bonchev–Trinajstić information content (AvgIpc) is 2.38. The van der Waals surface area contributed by atoms with Crippen LogP contribution in [0.5, 0.6) is 0 Å². The third kappa shape index (κ3) is 4.84. The number of hydrogen-bond acceptors (Lipinski definition) is 4. The SMILES string of the molecule is CCCC(CCC)N1CC[C@@H](N)[C@@H](OCCO)C1. The van der Waals surface area contributed by atoms with Gasteiger partial charge in [0.05, 0.1) is 19.3 Å².